The van der Waals surface area contributed by atoms with Crippen molar-refractivity contribution >= 4 is 17.7 Å². The summed E-state index contributed by atoms with van der Waals surface area (Å²) in [5, 5.41) is 0. The van der Waals surface area contributed by atoms with Gasteiger partial charge < -0.3 is 14.2 Å². The summed E-state index contributed by atoms with van der Waals surface area (Å²) in [4.78, 5) is 37.5. The zero-order valence-electron chi connectivity index (χ0n) is 14.1. The zero-order valence-corrected chi connectivity index (χ0v) is 14.1. The van der Waals surface area contributed by atoms with E-state index in [0.29, 0.717) is 28.9 Å². The number of Topliss-reactive ketones (excluding diaryl/α,β-unsaturated/α-hetero) is 1. The normalized spacial score (nSPS) is 10.5. The van der Waals surface area contributed by atoms with Crippen molar-refractivity contribution < 1.29 is 19.1 Å². The molecule has 0 saturated carbocycles. The lowest BCUT2D eigenvalue weighted by Crippen LogP contribution is -2.31. The predicted octanol–water partition coefficient (Wildman–Crippen LogP) is 1.87. The standard InChI is InChI=1S/C16H24N2O4/c1-7-13(20)17(5)9-12(19)14-10(3)15(16(21)22-8-2)18(6)11(14)4/h7-9H2,1-6H3. The summed E-state index contributed by atoms with van der Waals surface area (Å²) in [6.07, 6.45) is 0.352. The summed E-state index contributed by atoms with van der Waals surface area (Å²) in [6.45, 7) is 7.28. The molecule has 1 amide bonds. The van der Waals surface area contributed by atoms with Crippen LogP contribution in [-0.4, -0.2) is 47.3 Å². The van der Waals surface area contributed by atoms with Gasteiger partial charge in [-0.2, -0.15) is 0 Å². The molecule has 6 heteroatoms. The fraction of sp³-hybridized carbons (Fsp3) is 0.562. The average Bonchev–Trinajstić information content (AvgIpc) is 2.68. The smallest absolute Gasteiger partial charge is 0.355 e. The number of rotatable bonds is 6. The highest BCUT2D eigenvalue weighted by molar-refractivity contribution is 6.04. The van der Waals surface area contributed by atoms with Gasteiger partial charge in [0.15, 0.2) is 5.78 Å². The third-order valence-corrected chi connectivity index (χ3v) is 3.79. The Kier molecular flexibility index (Phi) is 5.91. The number of amides is 1. The third-order valence-electron chi connectivity index (χ3n) is 3.79. The van der Waals surface area contributed by atoms with E-state index in [1.165, 1.54) is 4.90 Å². The Balaban J connectivity index is 3.16. The molecular formula is C16H24N2O4. The van der Waals surface area contributed by atoms with E-state index in [1.807, 2.05) is 0 Å². The Labute approximate surface area is 131 Å². The molecule has 1 aromatic heterocycles. The molecule has 1 aromatic rings. The number of likely N-dealkylation sites (N-methyl/N-ethyl adjacent to an activating group) is 1. The maximum absolute atomic E-state index is 12.5. The lowest BCUT2D eigenvalue weighted by molar-refractivity contribution is -0.129. The van der Waals surface area contributed by atoms with Gasteiger partial charge in [0.1, 0.15) is 5.69 Å². The van der Waals surface area contributed by atoms with E-state index in [0.717, 1.165) is 0 Å². The minimum Gasteiger partial charge on any atom is -0.461 e. The first-order valence-corrected chi connectivity index (χ1v) is 7.36. The number of carbonyl (C=O) groups is 3. The summed E-state index contributed by atoms with van der Waals surface area (Å²) in [7, 11) is 3.33. The molecule has 0 saturated heterocycles. The Morgan fingerprint density at radius 2 is 1.77 bits per heavy atom. The first kappa shape index (κ1) is 17.9. The monoisotopic (exact) mass is 308 g/mol. The fourth-order valence-electron chi connectivity index (χ4n) is 2.53. The molecule has 6 nitrogen and oxygen atoms in total. The number of hydrogen-bond donors (Lipinski definition) is 0. The summed E-state index contributed by atoms with van der Waals surface area (Å²) < 4.78 is 6.71. The molecule has 0 radical (unpaired) electrons. The topological polar surface area (TPSA) is 68.6 Å². The van der Waals surface area contributed by atoms with Gasteiger partial charge >= 0.3 is 5.97 Å². The summed E-state index contributed by atoms with van der Waals surface area (Å²) in [5.74, 6) is -0.710. The van der Waals surface area contributed by atoms with Crippen LogP contribution in [0.5, 0.6) is 0 Å². The highest BCUT2D eigenvalue weighted by Gasteiger charge is 2.26. The van der Waals surface area contributed by atoms with Gasteiger partial charge in [-0.3, -0.25) is 9.59 Å². The maximum atomic E-state index is 12.5. The molecule has 0 aliphatic heterocycles. The number of esters is 1. The number of carbonyl (C=O) groups excluding carboxylic acids is 3. The van der Waals surface area contributed by atoms with Gasteiger partial charge in [-0.05, 0) is 26.3 Å². The van der Waals surface area contributed by atoms with Crippen LogP contribution in [-0.2, 0) is 16.6 Å². The second kappa shape index (κ2) is 7.24. The van der Waals surface area contributed by atoms with Crippen LogP contribution in [0.1, 0.15) is 52.4 Å². The Bertz CT molecular complexity index is 602. The van der Waals surface area contributed by atoms with E-state index in [4.69, 9.17) is 4.74 Å². The average molecular weight is 308 g/mol. The number of ketones is 1. The number of hydrogen-bond acceptors (Lipinski definition) is 4. The first-order valence-electron chi connectivity index (χ1n) is 7.36. The summed E-state index contributed by atoms with van der Waals surface area (Å²) in [5.41, 5.74) is 2.16. The van der Waals surface area contributed by atoms with Gasteiger partial charge in [0.2, 0.25) is 5.91 Å². The molecule has 0 aromatic carbocycles. The molecule has 0 aliphatic rings. The quantitative estimate of drug-likeness (QED) is 0.594. The van der Waals surface area contributed by atoms with Crippen molar-refractivity contribution in [2.75, 3.05) is 20.2 Å². The molecule has 22 heavy (non-hydrogen) atoms. The highest BCUT2D eigenvalue weighted by atomic mass is 16.5. The Morgan fingerprint density at radius 3 is 2.27 bits per heavy atom. The van der Waals surface area contributed by atoms with Gasteiger partial charge in [-0.1, -0.05) is 6.92 Å². The summed E-state index contributed by atoms with van der Waals surface area (Å²) >= 11 is 0. The third kappa shape index (κ3) is 3.37. The molecule has 0 bridgehead atoms. The zero-order chi connectivity index (χ0) is 17.0. The van der Waals surface area contributed by atoms with E-state index in [9.17, 15) is 14.4 Å². The van der Waals surface area contributed by atoms with Crippen LogP contribution >= 0.6 is 0 Å². The lowest BCUT2D eigenvalue weighted by Gasteiger charge is -2.15. The minimum absolute atomic E-state index is 0.000627. The molecule has 122 valence electrons. The van der Waals surface area contributed by atoms with Gasteiger partial charge in [-0.15, -0.1) is 0 Å². The van der Waals surface area contributed by atoms with Gasteiger partial charge in [0, 0.05) is 31.8 Å². The molecule has 0 spiro atoms. The molecule has 1 rings (SSSR count). The minimum atomic E-state index is -0.442. The number of nitrogens with zero attached hydrogens (tertiary/aromatic N) is 2. The molecule has 0 atom stereocenters. The van der Waals surface area contributed by atoms with Crippen LogP contribution in [0.4, 0.5) is 0 Å². The van der Waals surface area contributed by atoms with Crippen molar-refractivity contribution in [3.05, 3.63) is 22.5 Å². The van der Waals surface area contributed by atoms with Crippen molar-refractivity contribution in [3.63, 3.8) is 0 Å². The first-order chi connectivity index (χ1) is 10.3. The molecular weight excluding hydrogens is 284 g/mol. The highest BCUT2D eigenvalue weighted by Crippen LogP contribution is 2.22. The molecule has 1 heterocycles. The van der Waals surface area contributed by atoms with Crippen molar-refractivity contribution in [3.8, 4) is 0 Å². The molecule has 0 N–H and O–H groups in total. The van der Waals surface area contributed by atoms with E-state index in [2.05, 4.69) is 0 Å². The van der Waals surface area contributed by atoms with Crippen LogP contribution in [0.15, 0.2) is 0 Å². The summed E-state index contributed by atoms with van der Waals surface area (Å²) in [6, 6.07) is 0. The number of ether oxygens (including phenoxy) is 1. The second-order valence-corrected chi connectivity index (χ2v) is 5.24. The fourth-order valence-corrected chi connectivity index (χ4v) is 2.53. The largest absolute Gasteiger partial charge is 0.461 e. The van der Waals surface area contributed by atoms with E-state index < -0.39 is 5.97 Å². The predicted molar refractivity (Wildman–Crippen MR) is 83.1 cm³/mol. The number of aromatic nitrogens is 1. The Hall–Kier alpha value is -2.11. The van der Waals surface area contributed by atoms with Crippen molar-refractivity contribution in [1.29, 1.82) is 0 Å². The lowest BCUT2D eigenvalue weighted by atomic mass is 10.1. The van der Waals surface area contributed by atoms with Gasteiger partial charge in [0.25, 0.3) is 0 Å². The van der Waals surface area contributed by atoms with Crippen LogP contribution in [0.2, 0.25) is 0 Å². The maximum Gasteiger partial charge on any atom is 0.355 e. The van der Waals surface area contributed by atoms with Crippen LogP contribution < -0.4 is 0 Å². The molecule has 0 unspecified atom stereocenters. The SMILES string of the molecule is CCOC(=O)c1c(C)c(C(=O)CN(C)C(=O)CC)c(C)n1C. The molecule has 0 aliphatic carbocycles. The van der Waals surface area contributed by atoms with Crippen LogP contribution in [0, 0.1) is 13.8 Å². The van der Waals surface area contributed by atoms with Gasteiger partial charge in [-0.25, -0.2) is 4.79 Å². The van der Waals surface area contributed by atoms with E-state index >= 15 is 0 Å². The van der Waals surface area contributed by atoms with Crippen LogP contribution in [0.25, 0.3) is 0 Å². The van der Waals surface area contributed by atoms with E-state index in [1.54, 1.807) is 46.4 Å². The van der Waals surface area contributed by atoms with Gasteiger partial charge in [0.05, 0.1) is 13.2 Å². The van der Waals surface area contributed by atoms with Crippen molar-refractivity contribution in [2.45, 2.75) is 34.1 Å². The second-order valence-electron chi connectivity index (χ2n) is 5.24. The van der Waals surface area contributed by atoms with Crippen LogP contribution in [0.3, 0.4) is 0 Å². The van der Waals surface area contributed by atoms with E-state index in [-0.39, 0.29) is 24.8 Å². The Morgan fingerprint density at radius 1 is 1.18 bits per heavy atom. The van der Waals surface area contributed by atoms with Crippen molar-refractivity contribution in [2.24, 2.45) is 7.05 Å². The van der Waals surface area contributed by atoms with Crippen molar-refractivity contribution in [1.82, 2.24) is 9.47 Å². The molecule has 0 fully saturated rings.